The summed E-state index contributed by atoms with van der Waals surface area (Å²) in [6, 6.07) is 0. The number of rotatable bonds is 0. The molecule has 35 heavy (non-hydrogen) atoms. The van der Waals surface area contributed by atoms with Gasteiger partial charge in [-0.3, -0.25) is 0 Å². The van der Waals surface area contributed by atoms with Gasteiger partial charge in [0.05, 0.1) is 0 Å². The monoisotopic (exact) mass is 949 g/mol. The second kappa shape index (κ2) is 13.0. The van der Waals surface area contributed by atoms with Gasteiger partial charge in [0.25, 0.3) is 0 Å². The van der Waals surface area contributed by atoms with Gasteiger partial charge in [-0.2, -0.15) is 0 Å². The summed E-state index contributed by atoms with van der Waals surface area (Å²) in [6.07, 6.45) is 0. The summed E-state index contributed by atoms with van der Waals surface area (Å²) in [5, 5.41) is 2.70. The van der Waals surface area contributed by atoms with Gasteiger partial charge in [-0.15, -0.1) is 0 Å². The molecule has 0 aliphatic heterocycles. The maximum Gasteiger partial charge on any atom is 0 e. The van der Waals surface area contributed by atoms with Crippen molar-refractivity contribution >= 4 is 51.0 Å². The van der Waals surface area contributed by atoms with Gasteiger partial charge >= 0.3 is 33.0 Å². The Kier molecular flexibility index (Phi) is 17.5. The van der Waals surface area contributed by atoms with Crippen LogP contribution in [0.1, 0.15) is 125 Å². The van der Waals surface area contributed by atoms with Crippen molar-refractivity contribution in [1.29, 1.82) is 0 Å². The molecule has 0 aromatic heterocycles. The van der Waals surface area contributed by atoms with Gasteiger partial charge in [0.15, 0.2) is 0 Å². The molecule has 0 aromatic carbocycles. The van der Waals surface area contributed by atoms with E-state index >= 15 is 0 Å². The summed E-state index contributed by atoms with van der Waals surface area (Å²) >= 11 is 0. The van der Waals surface area contributed by atoms with Crippen molar-refractivity contribution in [3.05, 3.63) is 0 Å². The average Bonchev–Trinajstić information content (AvgIpc) is 2.06. The summed E-state index contributed by atoms with van der Waals surface area (Å²) in [5.74, 6) is 0. The Hall–Kier alpha value is 2.48. The molecule has 0 spiro atoms. The number of hydrogen-bond acceptors (Lipinski definition) is 0. The first-order valence-corrected chi connectivity index (χ1v) is 16.1. The zero-order valence-corrected chi connectivity index (χ0v) is 34.9. The molecular weight excluding hydrogens is 895 g/mol. The van der Waals surface area contributed by atoms with Crippen LogP contribution in [0.4, 0.5) is 25.2 Å². The molecule has 11 heteroatoms. The predicted molar refractivity (Wildman–Crippen MR) is 152 cm³/mol. The van der Waals surface area contributed by atoms with Crippen LogP contribution in [0.25, 0.3) is 0 Å². The molecule has 0 fully saturated rings. The zero-order chi connectivity index (χ0) is 28.6. The second-order valence-electron chi connectivity index (χ2n) is 14.7. The first-order valence-electron chi connectivity index (χ1n) is 11.4. The molecule has 0 saturated carbocycles. The molecule has 0 amide bonds. The molecule has 0 aliphatic carbocycles. The topological polar surface area (TPSA) is 0 Å². The Morgan fingerprint density at radius 3 is 0.400 bits per heavy atom. The van der Waals surface area contributed by atoms with Crippen LogP contribution >= 0.6 is 23.7 Å². The Morgan fingerprint density at radius 1 is 0.343 bits per heavy atom. The van der Waals surface area contributed by atoms with E-state index in [1.165, 1.54) is 0 Å². The van der Waals surface area contributed by atoms with Crippen molar-refractivity contribution in [3.8, 4) is 0 Å². The van der Waals surface area contributed by atoms with Crippen LogP contribution in [0.15, 0.2) is 0 Å². The third kappa shape index (κ3) is 29.3. The number of hydrogen-bond donors (Lipinski definition) is 0. The van der Waals surface area contributed by atoms with Crippen LogP contribution in [-0.2, 0) is 21.1 Å². The molecule has 0 bridgehead atoms. The van der Waals surface area contributed by atoms with Crippen molar-refractivity contribution < 1.29 is 46.2 Å². The van der Waals surface area contributed by atoms with Gasteiger partial charge in [0.2, 0.25) is 0 Å². The van der Waals surface area contributed by atoms with Crippen molar-refractivity contribution in [2.24, 2.45) is 0 Å². The Balaban J connectivity index is -0.000000131. The molecule has 0 saturated heterocycles. The van der Waals surface area contributed by atoms with Crippen LogP contribution < -0.4 is 0 Å². The van der Waals surface area contributed by atoms with Crippen molar-refractivity contribution in [2.75, 3.05) is 0 Å². The number of halogens is 6. The van der Waals surface area contributed by atoms with Gasteiger partial charge in [0, 0.05) is 48.4 Å². The molecule has 1 radical (unpaired) electrons. The first kappa shape index (κ1) is 47.3. The van der Waals surface area contributed by atoms with E-state index in [4.69, 9.17) is 0 Å². The molecule has 0 rings (SSSR count). The minimum absolute atomic E-state index is 0. The minimum Gasteiger partial charge on any atom is 0 e. The summed E-state index contributed by atoms with van der Waals surface area (Å²) in [6.45, 7) is 42.9. The quantitative estimate of drug-likeness (QED) is 0.129. The van der Waals surface area contributed by atoms with E-state index in [1.807, 2.05) is 0 Å². The smallest absolute Gasteiger partial charge is 0 e. The van der Waals surface area contributed by atoms with Crippen LogP contribution in [-0.4, -0.2) is 58.2 Å². The van der Waals surface area contributed by atoms with Gasteiger partial charge in [-0.1, -0.05) is 140 Å². The predicted octanol–water partition coefficient (Wildman–Crippen LogP) is 12.7. The molecule has 0 N–H and O–H groups in total. The molecule has 0 aromatic rings. The molecule has 0 nitrogen and oxygen atoms in total. The van der Waals surface area contributed by atoms with Crippen LogP contribution in [0, 0.1) is 0 Å². The van der Waals surface area contributed by atoms with E-state index in [1.54, 1.807) is 0 Å². The van der Waals surface area contributed by atoms with Crippen molar-refractivity contribution in [2.45, 2.75) is 156 Å². The standard InChI is InChI=1S/2C12H27P.F6P.Pt.Tl/c2*1-10(2,3)13(11(4,5)6)12(7,8)9;1-7(2,3,4,5)6;;/h2*1-9H3;;;/q;;-1;;. The first-order chi connectivity index (χ1) is 13.2. The summed E-state index contributed by atoms with van der Waals surface area (Å²) in [7, 11) is -10.6. The fourth-order valence-corrected chi connectivity index (χ4v) is 18.1. The van der Waals surface area contributed by atoms with E-state index in [9.17, 15) is 25.2 Å². The van der Waals surface area contributed by atoms with E-state index < -0.39 is 7.81 Å². The Bertz CT molecular complexity index is 490. The normalized spacial score (nSPS) is 15.9. The van der Waals surface area contributed by atoms with Crippen molar-refractivity contribution in [1.82, 2.24) is 0 Å². The van der Waals surface area contributed by atoms with Gasteiger partial charge in [-0.25, -0.2) is 0 Å². The Morgan fingerprint density at radius 2 is 0.400 bits per heavy atom. The molecular formula is C24H54F6P3PtTl-. The zero-order valence-electron chi connectivity index (χ0n) is 25.5. The maximum absolute atomic E-state index is 10.7. The fraction of sp³-hybridized carbons (Fsp3) is 1.00. The van der Waals surface area contributed by atoms with Crippen molar-refractivity contribution in [3.63, 3.8) is 0 Å². The van der Waals surface area contributed by atoms with E-state index in [2.05, 4.69) is 125 Å². The van der Waals surface area contributed by atoms with E-state index in [-0.39, 0.29) is 64.2 Å². The molecule has 0 unspecified atom stereocenters. The largest absolute Gasteiger partial charge is 0 e. The van der Waals surface area contributed by atoms with Gasteiger partial charge < -0.3 is 0 Å². The Labute approximate surface area is 251 Å². The maximum atomic E-state index is 9.87. The van der Waals surface area contributed by atoms with E-state index in [0.29, 0.717) is 30.9 Å². The molecule has 0 aliphatic rings. The average molecular weight is 949 g/mol. The summed E-state index contributed by atoms with van der Waals surface area (Å²) < 4.78 is 59.2. The third-order valence-electron chi connectivity index (χ3n) is 4.02. The third-order valence-corrected chi connectivity index (χ3v) is 12.1. The van der Waals surface area contributed by atoms with E-state index in [0.717, 1.165) is 0 Å². The van der Waals surface area contributed by atoms with Gasteiger partial charge in [-0.05, 0) is 30.9 Å². The fourth-order valence-electron chi connectivity index (χ4n) is 6.04. The molecule has 221 valence electrons. The molecule has 0 atom stereocenters. The summed E-state index contributed by atoms with van der Waals surface area (Å²) in [5.41, 5.74) is 0. The van der Waals surface area contributed by atoms with Crippen LogP contribution in [0.2, 0.25) is 0 Å². The van der Waals surface area contributed by atoms with Crippen LogP contribution in [0.3, 0.4) is 0 Å². The minimum atomic E-state index is -10.7. The second-order valence-corrected chi connectivity index (χ2v) is 26.0. The van der Waals surface area contributed by atoms with Crippen LogP contribution in [0.5, 0.6) is 0 Å². The molecule has 0 heterocycles. The summed E-state index contributed by atoms with van der Waals surface area (Å²) in [4.78, 5) is 0. The van der Waals surface area contributed by atoms with Gasteiger partial charge in [0.1, 0.15) is 0 Å². The SMILES string of the molecule is CC(C)(C)P(C(C)(C)C)C(C)(C)C.CC(C)(C)P(C(C)(C)C)C(C)(C)C.F[P-](F)(F)(F)(F)F.[Pt].[Tl].